The van der Waals surface area contributed by atoms with Gasteiger partial charge in [-0.05, 0) is 6.42 Å². The van der Waals surface area contributed by atoms with Gasteiger partial charge in [-0.3, -0.25) is 0 Å². The van der Waals surface area contributed by atoms with E-state index in [2.05, 4.69) is 5.32 Å². The van der Waals surface area contributed by atoms with Crippen molar-refractivity contribution in [3.05, 3.63) is 11.5 Å². The minimum atomic E-state index is 0.0194. The number of nitrogens with one attached hydrogen (secondary N) is 1. The van der Waals surface area contributed by atoms with Crippen LogP contribution in [0.1, 0.15) is 13.3 Å². The first-order valence-corrected chi connectivity index (χ1v) is 3.75. The molecule has 0 aromatic rings. The van der Waals surface area contributed by atoms with E-state index in [1.807, 2.05) is 6.92 Å². The summed E-state index contributed by atoms with van der Waals surface area (Å²) in [4.78, 5) is 0. The zero-order chi connectivity index (χ0) is 8.97. The first-order valence-electron chi connectivity index (χ1n) is 3.75. The average molecular weight is 163 g/mol. The molecule has 1 fully saturated rings. The third kappa shape index (κ3) is 1.49. The van der Waals surface area contributed by atoms with Gasteiger partial charge >= 0.3 is 0 Å². The molecule has 0 saturated carbocycles. The van der Waals surface area contributed by atoms with Crippen LogP contribution in [-0.2, 0) is 4.74 Å². The molecule has 0 aliphatic carbocycles. The Labute approximate surface area is 71.0 Å². The van der Waals surface area contributed by atoms with Crippen LogP contribution in [0.3, 0.4) is 0 Å². The molecule has 1 unspecified atom stereocenters. The summed E-state index contributed by atoms with van der Waals surface area (Å²) in [5, 5.41) is 19.9. The van der Waals surface area contributed by atoms with Crippen LogP contribution in [0.4, 0.5) is 0 Å². The van der Waals surface area contributed by atoms with Gasteiger partial charge in [0.2, 0.25) is 5.88 Å². The highest BCUT2D eigenvalue weighted by Gasteiger charge is 2.20. The molecule has 1 heterocycles. The van der Waals surface area contributed by atoms with Gasteiger partial charge in [0.15, 0.2) is 5.57 Å². The molecule has 0 aromatic heterocycles. The molecule has 4 heteroatoms. The molecule has 0 bridgehead atoms. The van der Waals surface area contributed by atoms with Crippen LogP contribution in [0, 0.1) is 22.7 Å². The first kappa shape index (κ1) is 8.42. The average Bonchev–Trinajstić information content (AvgIpc) is 2.55. The van der Waals surface area contributed by atoms with E-state index < -0.39 is 0 Å². The highest BCUT2D eigenvalue weighted by Crippen LogP contribution is 2.12. The standard InChI is InChI=1S/C8H9N3O/c1-2-7-5-12-8(11-7)6(3-9)4-10/h7,11H,2,5H2,1H3. The fourth-order valence-electron chi connectivity index (χ4n) is 0.943. The van der Waals surface area contributed by atoms with Gasteiger partial charge in [-0.2, -0.15) is 10.5 Å². The molecule has 4 nitrogen and oxygen atoms in total. The lowest BCUT2D eigenvalue weighted by Gasteiger charge is -2.01. The Morgan fingerprint density at radius 1 is 1.67 bits per heavy atom. The van der Waals surface area contributed by atoms with E-state index in [0.717, 1.165) is 6.42 Å². The van der Waals surface area contributed by atoms with Crippen molar-refractivity contribution in [3.63, 3.8) is 0 Å². The summed E-state index contributed by atoms with van der Waals surface area (Å²) in [5.41, 5.74) is 0.0194. The molecule has 1 saturated heterocycles. The quantitative estimate of drug-likeness (QED) is 0.576. The third-order valence-electron chi connectivity index (χ3n) is 1.71. The van der Waals surface area contributed by atoms with Gasteiger partial charge in [0.1, 0.15) is 18.7 Å². The Morgan fingerprint density at radius 3 is 2.75 bits per heavy atom. The SMILES string of the molecule is CCC1COC(=C(C#N)C#N)N1. The van der Waals surface area contributed by atoms with E-state index in [9.17, 15) is 0 Å². The van der Waals surface area contributed by atoms with Crippen LogP contribution in [0.2, 0.25) is 0 Å². The molecule has 1 N–H and O–H groups in total. The summed E-state index contributed by atoms with van der Waals surface area (Å²) in [7, 11) is 0. The lowest BCUT2D eigenvalue weighted by Crippen LogP contribution is -2.21. The minimum absolute atomic E-state index is 0.0194. The van der Waals surface area contributed by atoms with E-state index in [0.29, 0.717) is 12.5 Å². The summed E-state index contributed by atoms with van der Waals surface area (Å²) in [5.74, 6) is 0.326. The van der Waals surface area contributed by atoms with Gasteiger partial charge in [-0.25, -0.2) is 0 Å². The highest BCUT2D eigenvalue weighted by molar-refractivity contribution is 5.38. The number of nitrogens with zero attached hydrogens (tertiary/aromatic N) is 2. The molecule has 1 aliphatic heterocycles. The lowest BCUT2D eigenvalue weighted by atomic mass is 10.2. The van der Waals surface area contributed by atoms with Gasteiger partial charge in [0, 0.05) is 0 Å². The zero-order valence-corrected chi connectivity index (χ0v) is 6.79. The smallest absolute Gasteiger partial charge is 0.216 e. The molecule has 1 atom stereocenters. The largest absolute Gasteiger partial charge is 0.476 e. The zero-order valence-electron chi connectivity index (χ0n) is 6.79. The van der Waals surface area contributed by atoms with Crippen molar-refractivity contribution in [2.75, 3.05) is 6.61 Å². The van der Waals surface area contributed by atoms with Crippen LogP contribution in [-0.4, -0.2) is 12.6 Å². The number of ether oxygens (including phenoxy) is 1. The maximum atomic E-state index is 8.50. The van der Waals surface area contributed by atoms with Gasteiger partial charge in [0.05, 0.1) is 6.04 Å². The molecule has 12 heavy (non-hydrogen) atoms. The minimum Gasteiger partial charge on any atom is -0.476 e. The topological polar surface area (TPSA) is 68.8 Å². The van der Waals surface area contributed by atoms with E-state index >= 15 is 0 Å². The first-order chi connectivity index (χ1) is 5.81. The molecule has 0 aromatic carbocycles. The molecule has 1 rings (SSSR count). The number of allylic oxidation sites excluding steroid dienone is 1. The van der Waals surface area contributed by atoms with E-state index in [1.165, 1.54) is 0 Å². The van der Waals surface area contributed by atoms with Gasteiger partial charge in [-0.15, -0.1) is 0 Å². The second-order valence-electron chi connectivity index (χ2n) is 2.49. The van der Waals surface area contributed by atoms with Crippen LogP contribution < -0.4 is 5.32 Å². The molecule has 0 radical (unpaired) electrons. The van der Waals surface area contributed by atoms with E-state index in [4.69, 9.17) is 15.3 Å². The number of rotatable bonds is 1. The number of hydrogen-bond acceptors (Lipinski definition) is 4. The maximum Gasteiger partial charge on any atom is 0.216 e. The van der Waals surface area contributed by atoms with Crippen LogP contribution in [0.25, 0.3) is 0 Å². The lowest BCUT2D eigenvalue weighted by molar-refractivity contribution is 0.252. The Morgan fingerprint density at radius 2 is 2.33 bits per heavy atom. The second-order valence-corrected chi connectivity index (χ2v) is 2.49. The Bertz CT molecular complexity index is 266. The normalized spacial score (nSPS) is 20.2. The monoisotopic (exact) mass is 163 g/mol. The molecule has 0 amide bonds. The maximum absolute atomic E-state index is 8.50. The van der Waals surface area contributed by atoms with Crippen LogP contribution in [0.5, 0.6) is 0 Å². The van der Waals surface area contributed by atoms with Gasteiger partial charge < -0.3 is 10.1 Å². The van der Waals surface area contributed by atoms with Crippen molar-refractivity contribution < 1.29 is 4.74 Å². The number of hydrogen-bond donors (Lipinski definition) is 1. The van der Waals surface area contributed by atoms with E-state index in [-0.39, 0.29) is 11.6 Å². The molecular weight excluding hydrogens is 154 g/mol. The predicted octanol–water partition coefficient (Wildman–Crippen LogP) is 0.644. The highest BCUT2D eigenvalue weighted by atomic mass is 16.5. The van der Waals surface area contributed by atoms with Crippen LogP contribution in [0.15, 0.2) is 11.5 Å². The molecular formula is C8H9N3O. The molecule has 62 valence electrons. The number of nitriles is 2. The van der Waals surface area contributed by atoms with Crippen molar-refractivity contribution in [2.45, 2.75) is 19.4 Å². The van der Waals surface area contributed by atoms with Crippen molar-refractivity contribution in [3.8, 4) is 12.1 Å². The Balaban J connectivity index is 2.75. The summed E-state index contributed by atoms with van der Waals surface area (Å²) in [6.07, 6.45) is 0.924. The second kappa shape index (κ2) is 3.64. The summed E-state index contributed by atoms with van der Waals surface area (Å²) in [6.45, 7) is 2.56. The van der Waals surface area contributed by atoms with Crippen molar-refractivity contribution >= 4 is 0 Å². The predicted molar refractivity (Wildman–Crippen MR) is 41.4 cm³/mol. The Hall–Kier alpha value is -1.68. The molecule has 0 spiro atoms. The Kier molecular flexibility index (Phi) is 2.55. The van der Waals surface area contributed by atoms with Gasteiger partial charge in [-0.1, -0.05) is 6.92 Å². The van der Waals surface area contributed by atoms with E-state index in [1.54, 1.807) is 12.1 Å². The van der Waals surface area contributed by atoms with Crippen LogP contribution >= 0.6 is 0 Å². The fraction of sp³-hybridized carbons (Fsp3) is 0.500. The summed E-state index contributed by atoms with van der Waals surface area (Å²) in [6, 6.07) is 3.77. The van der Waals surface area contributed by atoms with Gasteiger partial charge in [0.25, 0.3) is 0 Å². The summed E-state index contributed by atoms with van der Waals surface area (Å²) < 4.78 is 5.12. The van der Waals surface area contributed by atoms with Crippen molar-refractivity contribution in [1.82, 2.24) is 5.32 Å². The van der Waals surface area contributed by atoms with Crippen molar-refractivity contribution in [1.29, 1.82) is 10.5 Å². The summed E-state index contributed by atoms with van der Waals surface area (Å²) >= 11 is 0. The fourth-order valence-corrected chi connectivity index (χ4v) is 0.943. The molecule has 1 aliphatic rings. The third-order valence-corrected chi connectivity index (χ3v) is 1.71. The van der Waals surface area contributed by atoms with Crippen molar-refractivity contribution in [2.24, 2.45) is 0 Å².